The largest absolute Gasteiger partial charge is 0.469 e. The molecular weight excluding hydrogens is 328 g/mol. The summed E-state index contributed by atoms with van der Waals surface area (Å²) in [6.45, 7) is 3.21. The van der Waals surface area contributed by atoms with Gasteiger partial charge in [0.1, 0.15) is 11.3 Å². The first-order valence-corrected chi connectivity index (χ1v) is 7.92. The summed E-state index contributed by atoms with van der Waals surface area (Å²) in [6, 6.07) is 1.39. The summed E-state index contributed by atoms with van der Waals surface area (Å²) in [5.74, 6) is -1.23. The summed E-state index contributed by atoms with van der Waals surface area (Å²) in [5, 5.41) is 5.18. The summed E-state index contributed by atoms with van der Waals surface area (Å²) in [5.41, 5.74) is 1.91. The van der Waals surface area contributed by atoms with Crippen LogP contribution in [0.25, 0.3) is 0 Å². The molecule has 2 aromatic heterocycles. The predicted molar refractivity (Wildman–Crippen MR) is 75.8 cm³/mol. The van der Waals surface area contributed by atoms with Crippen LogP contribution in [0.15, 0.2) is 28.0 Å². The number of carbonyl (C=O) groups excluding carboxylic acids is 2. The number of hydrazine groups is 1. The van der Waals surface area contributed by atoms with Crippen LogP contribution < -0.4 is 10.3 Å². The van der Waals surface area contributed by atoms with Gasteiger partial charge < -0.3 is 9.15 Å². The SMILES string of the molecule is CCOC(=O)c1cn[nH]c1S(=O)(=O)NNC(=O)c1ccoc1C. The molecule has 2 rings (SSSR count). The van der Waals surface area contributed by atoms with E-state index in [2.05, 4.69) is 10.2 Å². The number of amides is 1. The smallest absolute Gasteiger partial charge is 0.342 e. The number of furan rings is 1. The quantitative estimate of drug-likeness (QED) is 0.499. The van der Waals surface area contributed by atoms with Gasteiger partial charge in [-0.25, -0.2) is 13.2 Å². The van der Waals surface area contributed by atoms with E-state index in [1.807, 2.05) is 10.3 Å². The van der Waals surface area contributed by atoms with Crippen LogP contribution in [-0.4, -0.2) is 37.1 Å². The average Bonchev–Trinajstić information content (AvgIpc) is 3.14. The Morgan fingerprint density at radius 2 is 2.13 bits per heavy atom. The van der Waals surface area contributed by atoms with E-state index in [0.717, 1.165) is 6.20 Å². The van der Waals surface area contributed by atoms with Crippen molar-refractivity contribution in [1.82, 2.24) is 20.5 Å². The van der Waals surface area contributed by atoms with Crippen molar-refractivity contribution in [2.45, 2.75) is 18.9 Å². The fourth-order valence-electron chi connectivity index (χ4n) is 1.69. The van der Waals surface area contributed by atoms with Crippen LogP contribution in [0.2, 0.25) is 0 Å². The third-order valence-corrected chi connectivity index (χ3v) is 3.99. The Kier molecular flexibility index (Phi) is 4.81. The molecule has 0 radical (unpaired) electrons. The lowest BCUT2D eigenvalue weighted by atomic mass is 10.2. The standard InChI is InChI=1S/C12H14N4O6S/c1-3-21-12(18)9-6-13-15-11(9)23(19,20)16-14-10(17)8-4-5-22-7(8)2/h4-6,16H,3H2,1-2H3,(H,13,15)(H,14,17). The highest BCUT2D eigenvalue weighted by Gasteiger charge is 2.26. The molecule has 0 aliphatic rings. The van der Waals surface area contributed by atoms with Gasteiger partial charge in [0.15, 0.2) is 5.03 Å². The molecule has 0 fully saturated rings. The van der Waals surface area contributed by atoms with Crippen LogP contribution in [0.4, 0.5) is 0 Å². The van der Waals surface area contributed by atoms with E-state index in [1.54, 1.807) is 13.8 Å². The molecule has 0 saturated carbocycles. The average molecular weight is 342 g/mol. The van der Waals surface area contributed by atoms with Crippen molar-refractivity contribution in [3.8, 4) is 0 Å². The monoisotopic (exact) mass is 342 g/mol. The Morgan fingerprint density at radius 3 is 2.74 bits per heavy atom. The number of aromatic nitrogens is 2. The summed E-state index contributed by atoms with van der Waals surface area (Å²) in [7, 11) is -4.24. The lowest BCUT2D eigenvalue weighted by Crippen LogP contribution is -2.42. The molecule has 0 aliphatic carbocycles. The number of H-pyrrole nitrogens is 1. The Morgan fingerprint density at radius 1 is 1.39 bits per heavy atom. The number of rotatable bonds is 6. The molecule has 0 spiro atoms. The fourth-order valence-corrected chi connectivity index (χ4v) is 2.61. The topological polar surface area (TPSA) is 143 Å². The Hall–Kier alpha value is -2.66. The number of hydrogen-bond donors (Lipinski definition) is 3. The van der Waals surface area contributed by atoms with Crippen molar-refractivity contribution in [2.24, 2.45) is 0 Å². The number of carbonyl (C=O) groups is 2. The van der Waals surface area contributed by atoms with Gasteiger partial charge in [0, 0.05) is 0 Å². The van der Waals surface area contributed by atoms with Crippen molar-refractivity contribution >= 4 is 21.9 Å². The molecule has 0 aromatic carbocycles. The van der Waals surface area contributed by atoms with E-state index in [1.165, 1.54) is 12.3 Å². The summed E-state index contributed by atoms with van der Waals surface area (Å²) < 4.78 is 34.0. The molecule has 0 atom stereocenters. The third-order valence-electron chi connectivity index (χ3n) is 2.77. The van der Waals surface area contributed by atoms with Gasteiger partial charge in [0.2, 0.25) is 0 Å². The van der Waals surface area contributed by atoms with Gasteiger partial charge in [-0.2, -0.15) is 5.10 Å². The first kappa shape index (κ1) is 16.7. The van der Waals surface area contributed by atoms with E-state index < -0.39 is 26.9 Å². The van der Waals surface area contributed by atoms with Crippen molar-refractivity contribution in [1.29, 1.82) is 0 Å². The number of aryl methyl sites for hydroxylation is 1. The summed E-state index contributed by atoms with van der Waals surface area (Å²) in [4.78, 5) is 25.4. The number of nitrogens with zero attached hydrogens (tertiary/aromatic N) is 1. The maximum Gasteiger partial charge on any atom is 0.342 e. The van der Waals surface area contributed by atoms with Gasteiger partial charge in [-0.3, -0.25) is 15.3 Å². The number of hydrogen-bond acceptors (Lipinski definition) is 7. The highest BCUT2D eigenvalue weighted by molar-refractivity contribution is 7.89. The normalized spacial score (nSPS) is 11.2. The van der Waals surface area contributed by atoms with Crippen LogP contribution >= 0.6 is 0 Å². The second kappa shape index (κ2) is 6.62. The molecule has 23 heavy (non-hydrogen) atoms. The molecular formula is C12H14N4O6S. The van der Waals surface area contributed by atoms with Crippen molar-refractivity contribution in [3.63, 3.8) is 0 Å². The molecule has 0 saturated heterocycles. The van der Waals surface area contributed by atoms with E-state index in [-0.39, 0.29) is 17.7 Å². The predicted octanol–water partition coefficient (Wildman–Crippen LogP) is 0.111. The third kappa shape index (κ3) is 3.57. The number of aromatic amines is 1. The summed E-state index contributed by atoms with van der Waals surface area (Å²) in [6.07, 6.45) is 2.32. The minimum atomic E-state index is -4.24. The fraction of sp³-hybridized carbons (Fsp3) is 0.250. The van der Waals surface area contributed by atoms with E-state index in [0.29, 0.717) is 5.76 Å². The lowest BCUT2D eigenvalue weighted by Gasteiger charge is -2.08. The number of nitrogens with one attached hydrogen (secondary N) is 3. The minimum absolute atomic E-state index is 0.0768. The van der Waals surface area contributed by atoms with Crippen LogP contribution in [0.1, 0.15) is 33.4 Å². The second-order valence-corrected chi connectivity index (χ2v) is 5.90. The Bertz CT molecular complexity index is 822. The molecule has 124 valence electrons. The zero-order chi connectivity index (χ0) is 17.0. The highest BCUT2D eigenvalue weighted by Crippen LogP contribution is 2.13. The zero-order valence-corrected chi connectivity index (χ0v) is 13.1. The van der Waals surface area contributed by atoms with Crippen LogP contribution in [0.3, 0.4) is 0 Å². The van der Waals surface area contributed by atoms with Crippen molar-refractivity contribution in [3.05, 3.63) is 35.4 Å². The van der Waals surface area contributed by atoms with Gasteiger partial charge in [0.25, 0.3) is 15.9 Å². The maximum absolute atomic E-state index is 12.2. The molecule has 2 aromatic rings. The van der Waals surface area contributed by atoms with E-state index in [4.69, 9.17) is 9.15 Å². The van der Waals surface area contributed by atoms with Crippen molar-refractivity contribution in [2.75, 3.05) is 6.61 Å². The molecule has 3 N–H and O–H groups in total. The highest BCUT2D eigenvalue weighted by atomic mass is 32.2. The van der Waals surface area contributed by atoms with E-state index >= 15 is 0 Å². The van der Waals surface area contributed by atoms with E-state index in [9.17, 15) is 18.0 Å². The van der Waals surface area contributed by atoms with Crippen LogP contribution in [0.5, 0.6) is 0 Å². The van der Waals surface area contributed by atoms with Gasteiger partial charge in [-0.15, -0.1) is 4.83 Å². The van der Waals surface area contributed by atoms with Gasteiger partial charge >= 0.3 is 5.97 Å². The molecule has 0 aliphatic heterocycles. The molecule has 2 heterocycles. The lowest BCUT2D eigenvalue weighted by molar-refractivity contribution is 0.0521. The minimum Gasteiger partial charge on any atom is -0.469 e. The number of ether oxygens (including phenoxy) is 1. The van der Waals surface area contributed by atoms with Gasteiger partial charge in [-0.1, -0.05) is 0 Å². The molecule has 1 amide bonds. The first-order chi connectivity index (χ1) is 10.9. The van der Waals surface area contributed by atoms with Crippen LogP contribution in [0, 0.1) is 6.92 Å². The summed E-state index contributed by atoms with van der Waals surface area (Å²) >= 11 is 0. The van der Waals surface area contributed by atoms with Crippen LogP contribution in [-0.2, 0) is 14.8 Å². The zero-order valence-electron chi connectivity index (χ0n) is 12.2. The number of esters is 1. The Balaban J connectivity index is 2.14. The number of sulfonamides is 1. The second-order valence-electron chi connectivity index (χ2n) is 4.28. The first-order valence-electron chi connectivity index (χ1n) is 6.43. The molecule has 11 heteroatoms. The van der Waals surface area contributed by atoms with Gasteiger partial charge in [0.05, 0.1) is 24.6 Å². The van der Waals surface area contributed by atoms with Gasteiger partial charge in [-0.05, 0) is 19.9 Å². The Labute approximate surface area is 131 Å². The molecule has 0 bridgehead atoms. The maximum atomic E-state index is 12.2. The van der Waals surface area contributed by atoms with Crippen molar-refractivity contribution < 1.29 is 27.2 Å². The molecule has 10 nitrogen and oxygen atoms in total. The molecule has 0 unspecified atom stereocenters.